The molecule has 0 saturated heterocycles. The summed E-state index contributed by atoms with van der Waals surface area (Å²) in [4.78, 5) is 5.07. The van der Waals surface area contributed by atoms with E-state index in [0.717, 1.165) is 30.3 Å². The Balaban J connectivity index is 1.93. The van der Waals surface area contributed by atoms with E-state index in [0.29, 0.717) is 18.2 Å². The highest BCUT2D eigenvalue weighted by Crippen LogP contribution is 2.52. The van der Waals surface area contributed by atoms with E-state index >= 15 is 0 Å². The predicted octanol–water partition coefficient (Wildman–Crippen LogP) is 8.44. The van der Waals surface area contributed by atoms with Crippen molar-refractivity contribution in [2.24, 2.45) is 0 Å². The number of ether oxygens (including phenoxy) is 1. The van der Waals surface area contributed by atoms with Crippen LogP contribution in [0.25, 0.3) is 0 Å². The largest absolute Gasteiger partial charge is 0.489 e. The number of halogens is 14. The van der Waals surface area contributed by atoms with E-state index in [9.17, 15) is 66.6 Å². The van der Waals surface area contributed by atoms with Crippen LogP contribution in [0.1, 0.15) is 16.7 Å². The van der Waals surface area contributed by atoms with Crippen molar-refractivity contribution in [2.45, 2.75) is 43.1 Å². The van der Waals surface area contributed by atoms with Gasteiger partial charge in [-0.3, -0.25) is 0 Å². The molecule has 1 N–H and O–H groups in total. The molecule has 242 valence electrons. The minimum atomic E-state index is -6.68. The number of anilines is 1. The zero-order valence-corrected chi connectivity index (χ0v) is 21.3. The number of hydrogen-bond donors (Lipinski definition) is 1. The van der Waals surface area contributed by atoms with Gasteiger partial charge in [-0.25, -0.2) is 9.45 Å². The molecule has 44 heavy (non-hydrogen) atoms. The lowest BCUT2D eigenvalue weighted by Crippen LogP contribution is -2.50. The Kier molecular flexibility index (Phi) is 9.58. The maximum absolute atomic E-state index is 14.2. The van der Waals surface area contributed by atoms with Crippen LogP contribution >= 0.6 is 0 Å². The van der Waals surface area contributed by atoms with Crippen molar-refractivity contribution >= 4 is 5.69 Å². The van der Waals surface area contributed by atoms with E-state index in [2.05, 4.69) is 0 Å². The number of hydroxylamine groups is 1. The molecule has 0 radical (unpaired) electrons. The number of nitrogens with zero attached hydrogens (tertiary/aromatic N) is 1. The Hall–Kier alpha value is -3.96. The number of benzene rings is 3. The van der Waals surface area contributed by atoms with Crippen molar-refractivity contribution in [3.63, 3.8) is 0 Å². The van der Waals surface area contributed by atoms with Gasteiger partial charge in [-0.15, -0.1) is 0 Å². The van der Waals surface area contributed by atoms with Crippen LogP contribution in [0.3, 0.4) is 0 Å². The molecule has 1 atom stereocenters. The maximum Gasteiger partial charge on any atom is 0.460 e. The van der Waals surface area contributed by atoms with Crippen molar-refractivity contribution in [3.8, 4) is 11.5 Å². The third-order valence-corrected chi connectivity index (χ3v) is 5.68. The van der Waals surface area contributed by atoms with E-state index in [1.807, 2.05) is 0 Å². The number of aliphatic hydroxyl groups excluding tert-OH is 1. The lowest BCUT2D eigenvalue weighted by molar-refractivity contribution is -0.359. The Morgan fingerprint density at radius 2 is 1.32 bits per heavy atom. The fourth-order valence-corrected chi connectivity index (χ4v) is 3.48. The molecule has 3 rings (SSSR count). The first kappa shape index (κ1) is 34.5. The zero-order valence-electron chi connectivity index (χ0n) is 21.3. The van der Waals surface area contributed by atoms with Crippen LogP contribution in [0.4, 0.5) is 67.2 Å². The lowest BCUT2D eigenvalue weighted by Gasteiger charge is -2.30. The molecule has 1 unspecified atom stereocenters. The van der Waals surface area contributed by atoms with Crippen LogP contribution in [-0.4, -0.2) is 36.0 Å². The van der Waals surface area contributed by atoms with E-state index in [1.165, 1.54) is 0 Å². The summed E-state index contributed by atoms with van der Waals surface area (Å²) < 4.78 is 190. The molecule has 0 heterocycles. The number of alkyl halides is 13. The highest BCUT2D eigenvalue weighted by Gasteiger charge is 2.73. The molecule has 0 aliphatic heterocycles. The second-order valence-electron chi connectivity index (χ2n) is 9.02. The van der Waals surface area contributed by atoms with E-state index in [-0.39, 0.29) is 34.6 Å². The van der Waals surface area contributed by atoms with Crippen LogP contribution in [0, 0.1) is 5.82 Å². The van der Waals surface area contributed by atoms with Crippen molar-refractivity contribution < 1.29 is 76.1 Å². The molecule has 0 spiro atoms. The van der Waals surface area contributed by atoms with Gasteiger partial charge in [0, 0.05) is 11.6 Å². The van der Waals surface area contributed by atoms with Crippen LogP contribution < -0.4 is 14.6 Å². The van der Waals surface area contributed by atoms with Gasteiger partial charge in [0.25, 0.3) is 0 Å². The molecular formula is C26H17F14NO3. The van der Waals surface area contributed by atoms with Crippen LogP contribution in [-0.2, 0) is 18.7 Å². The monoisotopic (exact) mass is 657 g/mol. The third-order valence-electron chi connectivity index (χ3n) is 5.68. The molecule has 3 aromatic carbocycles. The lowest BCUT2D eigenvalue weighted by atomic mass is 10.0. The van der Waals surface area contributed by atoms with Gasteiger partial charge in [0.2, 0.25) is 0 Å². The minimum Gasteiger partial charge on any atom is -0.489 e. The Morgan fingerprint density at radius 3 is 1.91 bits per heavy atom. The molecule has 0 amide bonds. The first-order valence-electron chi connectivity index (χ1n) is 11.7. The normalized spacial score (nSPS) is 13.9. The summed E-state index contributed by atoms with van der Waals surface area (Å²) in [5.74, 6) is -14.9. The van der Waals surface area contributed by atoms with Crippen LogP contribution in [0.5, 0.6) is 11.5 Å². The van der Waals surface area contributed by atoms with Crippen molar-refractivity contribution in [2.75, 3.05) is 11.6 Å². The summed E-state index contributed by atoms with van der Waals surface area (Å²) in [6, 6.07) is 7.11. The number of aliphatic hydroxyl groups is 1. The van der Waals surface area contributed by atoms with Crippen LogP contribution in [0.15, 0.2) is 66.7 Å². The van der Waals surface area contributed by atoms with Gasteiger partial charge < -0.3 is 14.7 Å². The van der Waals surface area contributed by atoms with Crippen molar-refractivity contribution in [1.82, 2.24) is 0 Å². The van der Waals surface area contributed by atoms with Gasteiger partial charge in [0.1, 0.15) is 18.2 Å². The molecule has 3 aromatic rings. The highest BCUT2D eigenvalue weighted by molar-refractivity contribution is 5.50. The Labute approximate surface area is 238 Å². The fourth-order valence-electron chi connectivity index (χ4n) is 3.48. The molecule has 0 bridgehead atoms. The summed E-state index contributed by atoms with van der Waals surface area (Å²) in [5, 5.41) is 9.78. The predicted molar refractivity (Wildman–Crippen MR) is 124 cm³/mol. The average molecular weight is 657 g/mol. The molecule has 4 nitrogen and oxygen atoms in total. The summed E-state index contributed by atoms with van der Waals surface area (Å²) >= 11 is 0. The maximum atomic E-state index is 14.2. The fraction of sp³-hybridized carbons (Fsp3) is 0.308. The Bertz CT molecular complexity index is 1440. The summed E-state index contributed by atoms with van der Waals surface area (Å²) in [5.41, 5.74) is -4.01. The molecule has 0 fully saturated rings. The SMILES string of the molecule is OC(CN(Oc1cccc(C(F)(F)C(F)(F)C(F)(F)F)c1)c1cccc(OCc2cc(F)cc(C(F)(F)F)c2)c1)C(F)(F)F. The molecule has 0 aromatic heterocycles. The summed E-state index contributed by atoms with van der Waals surface area (Å²) in [6.07, 6.45) is -20.1. The topological polar surface area (TPSA) is 41.9 Å². The quantitative estimate of drug-likeness (QED) is 0.176. The van der Waals surface area contributed by atoms with E-state index in [4.69, 9.17) is 9.57 Å². The number of hydrogen-bond acceptors (Lipinski definition) is 4. The molecule has 18 heteroatoms. The molecule has 0 aliphatic carbocycles. The Morgan fingerprint density at radius 1 is 0.705 bits per heavy atom. The van der Waals surface area contributed by atoms with Crippen LogP contribution in [0.2, 0.25) is 0 Å². The molecular weight excluding hydrogens is 640 g/mol. The van der Waals surface area contributed by atoms with Gasteiger partial charge in [-0.05, 0) is 48.0 Å². The smallest absolute Gasteiger partial charge is 0.460 e. The number of rotatable bonds is 10. The average Bonchev–Trinajstić information content (AvgIpc) is 2.90. The summed E-state index contributed by atoms with van der Waals surface area (Å²) in [7, 11) is 0. The first-order valence-corrected chi connectivity index (χ1v) is 11.7. The molecule has 0 aliphatic rings. The van der Waals surface area contributed by atoms with Gasteiger partial charge in [-0.2, -0.15) is 57.1 Å². The van der Waals surface area contributed by atoms with E-state index in [1.54, 1.807) is 0 Å². The van der Waals surface area contributed by atoms with Crippen molar-refractivity contribution in [3.05, 3.63) is 89.2 Å². The minimum absolute atomic E-state index is 0.00908. The summed E-state index contributed by atoms with van der Waals surface area (Å²) in [6.45, 7) is -2.20. The van der Waals surface area contributed by atoms with Gasteiger partial charge >= 0.3 is 30.4 Å². The third kappa shape index (κ3) is 7.95. The second kappa shape index (κ2) is 12.2. The van der Waals surface area contributed by atoms with Gasteiger partial charge in [-0.1, -0.05) is 18.2 Å². The highest BCUT2D eigenvalue weighted by atomic mass is 19.4. The second-order valence-corrected chi connectivity index (χ2v) is 9.02. The van der Waals surface area contributed by atoms with E-state index < -0.39 is 78.0 Å². The van der Waals surface area contributed by atoms with Gasteiger partial charge in [0.15, 0.2) is 11.9 Å². The van der Waals surface area contributed by atoms with Crippen molar-refractivity contribution in [1.29, 1.82) is 0 Å². The first-order chi connectivity index (χ1) is 20.0. The molecule has 0 saturated carbocycles. The zero-order chi connectivity index (χ0) is 33.3. The standard InChI is InChI=1S/C26H17F14NO3/c27-17-8-14(7-16(9-17)23(30,31)32)13-43-19-5-2-4-18(11-19)41(12-21(42)24(33,34)35)44-20-6-1-3-15(10-20)22(28,29)25(36,37)26(38,39)40/h1-11,21,42H,12-13H2. The van der Waals surface area contributed by atoms with Gasteiger partial charge in [0.05, 0.1) is 17.8 Å².